The quantitative estimate of drug-likeness (QED) is 0.699. The largest absolute Gasteiger partial charge is 0.349 e. The molecule has 0 saturated heterocycles. The van der Waals surface area contributed by atoms with Gasteiger partial charge < -0.3 is 5.32 Å². The highest BCUT2D eigenvalue weighted by molar-refractivity contribution is 7.09. The monoisotopic (exact) mass is 394 g/mol. The third kappa shape index (κ3) is 3.87. The van der Waals surface area contributed by atoms with Crippen LogP contribution in [0.4, 0.5) is 0 Å². The number of benzene rings is 1. The molecule has 0 radical (unpaired) electrons. The maximum Gasteiger partial charge on any atom is 0.220 e. The van der Waals surface area contributed by atoms with E-state index in [0.29, 0.717) is 6.42 Å². The maximum atomic E-state index is 12.5. The Balaban J connectivity index is 1.49. The van der Waals surface area contributed by atoms with E-state index in [4.69, 9.17) is 0 Å². The van der Waals surface area contributed by atoms with Crippen LogP contribution in [0.25, 0.3) is 5.69 Å². The second-order valence-corrected chi connectivity index (χ2v) is 8.62. The molecule has 5 nitrogen and oxygen atoms in total. The van der Waals surface area contributed by atoms with E-state index in [2.05, 4.69) is 47.4 Å². The Hall–Kier alpha value is -2.47. The van der Waals surface area contributed by atoms with Gasteiger partial charge in [0.1, 0.15) is 0 Å². The summed E-state index contributed by atoms with van der Waals surface area (Å²) in [5.41, 5.74) is 8.83. The summed E-state index contributed by atoms with van der Waals surface area (Å²) in [5.74, 6) is 0.102. The number of aryl methyl sites for hydroxylation is 4. The van der Waals surface area contributed by atoms with Gasteiger partial charge in [-0.3, -0.25) is 4.79 Å². The van der Waals surface area contributed by atoms with Gasteiger partial charge in [-0.05, 0) is 69.7 Å². The van der Waals surface area contributed by atoms with Gasteiger partial charge in [0.05, 0.1) is 29.1 Å². The number of hydrogen-bond acceptors (Lipinski definition) is 4. The van der Waals surface area contributed by atoms with Crippen LogP contribution in [0.5, 0.6) is 0 Å². The molecular weight excluding hydrogens is 368 g/mol. The summed E-state index contributed by atoms with van der Waals surface area (Å²) in [4.78, 5) is 18.0. The predicted octanol–water partition coefficient (Wildman–Crippen LogP) is 4.38. The Bertz CT molecular complexity index is 984. The zero-order valence-electron chi connectivity index (χ0n) is 16.7. The van der Waals surface area contributed by atoms with Gasteiger partial charge in [-0.25, -0.2) is 9.67 Å². The second kappa shape index (κ2) is 7.87. The summed E-state index contributed by atoms with van der Waals surface area (Å²) in [7, 11) is 0. The summed E-state index contributed by atoms with van der Waals surface area (Å²) in [6.07, 6.45) is 6.21. The minimum Gasteiger partial charge on any atom is -0.349 e. The van der Waals surface area contributed by atoms with E-state index in [1.165, 1.54) is 21.7 Å². The van der Waals surface area contributed by atoms with Gasteiger partial charge in [0, 0.05) is 22.6 Å². The minimum atomic E-state index is 0.0541. The van der Waals surface area contributed by atoms with Gasteiger partial charge >= 0.3 is 0 Å². The number of thiazole rings is 1. The van der Waals surface area contributed by atoms with E-state index in [1.807, 2.05) is 23.3 Å². The number of amides is 1. The number of carbonyl (C=O) groups excluding carboxylic acids is 1. The van der Waals surface area contributed by atoms with Gasteiger partial charge in [0.25, 0.3) is 0 Å². The lowest BCUT2D eigenvalue weighted by Gasteiger charge is -2.24. The minimum absolute atomic E-state index is 0.0541. The number of hydrogen-bond donors (Lipinski definition) is 1. The van der Waals surface area contributed by atoms with Gasteiger partial charge in [0.15, 0.2) is 0 Å². The summed E-state index contributed by atoms with van der Waals surface area (Å²) >= 11 is 1.62. The van der Waals surface area contributed by atoms with Crippen LogP contribution in [0.2, 0.25) is 0 Å². The third-order valence-electron chi connectivity index (χ3n) is 5.39. The number of carbonyl (C=O) groups is 1. The van der Waals surface area contributed by atoms with Crippen molar-refractivity contribution in [1.29, 1.82) is 0 Å². The van der Waals surface area contributed by atoms with Crippen LogP contribution in [0.15, 0.2) is 29.9 Å². The third-order valence-corrected chi connectivity index (χ3v) is 6.39. The van der Waals surface area contributed by atoms with Crippen molar-refractivity contribution in [3.05, 3.63) is 62.9 Å². The summed E-state index contributed by atoms with van der Waals surface area (Å²) < 4.78 is 2.05. The van der Waals surface area contributed by atoms with E-state index < -0.39 is 0 Å². The summed E-state index contributed by atoms with van der Waals surface area (Å²) in [6, 6.07) is 6.56. The predicted molar refractivity (Wildman–Crippen MR) is 112 cm³/mol. The highest BCUT2D eigenvalue weighted by Crippen LogP contribution is 2.31. The van der Waals surface area contributed by atoms with Crippen LogP contribution in [0, 0.1) is 20.8 Å². The van der Waals surface area contributed by atoms with Crippen LogP contribution in [0.1, 0.15) is 58.3 Å². The topological polar surface area (TPSA) is 59.8 Å². The Kier molecular flexibility index (Phi) is 5.31. The fourth-order valence-electron chi connectivity index (χ4n) is 4.06. The first-order valence-corrected chi connectivity index (χ1v) is 10.7. The molecule has 6 heteroatoms. The van der Waals surface area contributed by atoms with Crippen molar-refractivity contribution < 1.29 is 4.79 Å². The van der Waals surface area contributed by atoms with Crippen LogP contribution in [-0.2, 0) is 17.6 Å². The lowest BCUT2D eigenvalue weighted by molar-refractivity contribution is -0.121. The molecule has 0 aliphatic heterocycles. The lowest BCUT2D eigenvalue weighted by atomic mass is 9.92. The Morgan fingerprint density at radius 3 is 2.75 bits per heavy atom. The van der Waals surface area contributed by atoms with Crippen molar-refractivity contribution in [2.75, 3.05) is 0 Å². The van der Waals surface area contributed by atoms with E-state index in [9.17, 15) is 4.79 Å². The number of rotatable bonds is 5. The number of nitrogens with one attached hydrogen (secondary N) is 1. The normalized spacial score (nSPS) is 16.0. The first-order valence-electron chi connectivity index (χ1n) is 9.85. The highest BCUT2D eigenvalue weighted by Gasteiger charge is 2.26. The van der Waals surface area contributed by atoms with Crippen LogP contribution < -0.4 is 5.32 Å². The molecule has 1 N–H and O–H groups in total. The molecule has 0 saturated carbocycles. The average Bonchev–Trinajstić information content (AvgIpc) is 3.26. The first-order chi connectivity index (χ1) is 13.5. The van der Waals surface area contributed by atoms with Crippen molar-refractivity contribution in [2.24, 2.45) is 0 Å². The molecule has 0 bridgehead atoms. The molecule has 1 aromatic carbocycles. The SMILES string of the molecule is Cc1cc(C)cc(-n2ncc3c2CCC[C@H]3NC(=O)CCc2scnc2C)c1. The van der Waals surface area contributed by atoms with Crippen molar-refractivity contribution >= 4 is 17.2 Å². The zero-order valence-corrected chi connectivity index (χ0v) is 17.5. The lowest BCUT2D eigenvalue weighted by Crippen LogP contribution is -2.31. The molecule has 28 heavy (non-hydrogen) atoms. The number of nitrogens with zero attached hydrogens (tertiary/aromatic N) is 3. The molecule has 146 valence electrons. The molecule has 1 amide bonds. The van der Waals surface area contributed by atoms with E-state index in [-0.39, 0.29) is 11.9 Å². The van der Waals surface area contributed by atoms with Gasteiger partial charge in [0.2, 0.25) is 5.91 Å². The molecule has 2 aromatic heterocycles. The Labute approximate surface area is 169 Å². The number of aromatic nitrogens is 3. The first kappa shape index (κ1) is 18.9. The number of fused-ring (bicyclic) bond motifs is 1. The Morgan fingerprint density at radius 2 is 2.04 bits per heavy atom. The van der Waals surface area contributed by atoms with Crippen LogP contribution in [0.3, 0.4) is 0 Å². The fourth-order valence-corrected chi connectivity index (χ4v) is 4.84. The molecular formula is C22H26N4OS. The summed E-state index contributed by atoms with van der Waals surface area (Å²) in [6.45, 7) is 6.22. The van der Waals surface area contributed by atoms with E-state index in [0.717, 1.165) is 42.6 Å². The highest BCUT2D eigenvalue weighted by atomic mass is 32.1. The van der Waals surface area contributed by atoms with Gasteiger partial charge in [-0.15, -0.1) is 11.3 Å². The molecule has 3 aromatic rings. The molecule has 2 heterocycles. The van der Waals surface area contributed by atoms with Crippen LogP contribution >= 0.6 is 11.3 Å². The molecule has 0 fully saturated rings. The molecule has 4 rings (SSSR count). The summed E-state index contributed by atoms with van der Waals surface area (Å²) in [5, 5.41) is 7.90. The molecule has 1 aliphatic carbocycles. The van der Waals surface area contributed by atoms with E-state index in [1.54, 1.807) is 11.3 Å². The molecule has 1 atom stereocenters. The van der Waals surface area contributed by atoms with Crippen molar-refractivity contribution in [1.82, 2.24) is 20.1 Å². The second-order valence-electron chi connectivity index (χ2n) is 7.68. The van der Waals surface area contributed by atoms with Gasteiger partial charge in [-0.2, -0.15) is 5.10 Å². The Morgan fingerprint density at radius 1 is 1.25 bits per heavy atom. The van der Waals surface area contributed by atoms with Crippen molar-refractivity contribution in [3.63, 3.8) is 0 Å². The van der Waals surface area contributed by atoms with Crippen LogP contribution in [-0.4, -0.2) is 20.7 Å². The van der Waals surface area contributed by atoms with Gasteiger partial charge in [-0.1, -0.05) is 6.07 Å². The van der Waals surface area contributed by atoms with Crippen molar-refractivity contribution in [2.45, 2.75) is 58.9 Å². The maximum absolute atomic E-state index is 12.5. The zero-order chi connectivity index (χ0) is 19.7. The van der Waals surface area contributed by atoms with Crippen molar-refractivity contribution in [3.8, 4) is 5.69 Å². The average molecular weight is 395 g/mol. The molecule has 0 unspecified atom stereocenters. The smallest absolute Gasteiger partial charge is 0.220 e. The van der Waals surface area contributed by atoms with E-state index >= 15 is 0 Å². The molecule has 1 aliphatic rings. The standard InChI is InChI=1S/C22H26N4OS/c1-14-9-15(2)11-17(10-14)26-20-6-4-5-19(18(20)12-24-26)25-22(27)8-7-21-16(3)23-13-28-21/h9-13,19H,4-8H2,1-3H3,(H,25,27)/t19-/m1/s1. The molecule has 0 spiro atoms. The fraction of sp³-hybridized carbons (Fsp3) is 0.409.